The van der Waals surface area contributed by atoms with Gasteiger partial charge in [0.1, 0.15) is 16.9 Å². The zero-order chi connectivity index (χ0) is 15.4. The topological polar surface area (TPSA) is 56.1 Å². The molecule has 0 saturated carbocycles. The molecule has 0 spiro atoms. The van der Waals surface area contributed by atoms with E-state index in [1.165, 1.54) is 0 Å². The smallest absolute Gasteiger partial charge is 0.243 e. The Hall–Kier alpha value is -2.01. The predicted octanol–water partition coefficient (Wildman–Crippen LogP) is 2.81. The van der Waals surface area contributed by atoms with E-state index in [9.17, 15) is 4.79 Å². The third kappa shape index (κ3) is 3.98. The molecular formula is C15H18ClN3O2. The number of hydrogen-bond donors (Lipinski definition) is 1. The van der Waals surface area contributed by atoms with Crippen LogP contribution in [0.3, 0.4) is 0 Å². The van der Waals surface area contributed by atoms with Gasteiger partial charge in [0.05, 0.1) is 19.3 Å². The van der Waals surface area contributed by atoms with E-state index in [0.29, 0.717) is 12.4 Å². The Bertz CT molecular complexity index is 620. The molecule has 21 heavy (non-hydrogen) atoms. The van der Waals surface area contributed by atoms with E-state index >= 15 is 0 Å². The Balaban J connectivity index is 2.17. The van der Waals surface area contributed by atoms with Crippen LogP contribution in [0.2, 0.25) is 0 Å². The van der Waals surface area contributed by atoms with Crippen molar-refractivity contribution < 1.29 is 9.53 Å². The van der Waals surface area contributed by atoms with Crippen LogP contribution in [0.25, 0.3) is 0 Å². The van der Waals surface area contributed by atoms with Crippen molar-refractivity contribution >= 4 is 23.3 Å². The first-order chi connectivity index (χ1) is 9.99. The van der Waals surface area contributed by atoms with Crippen molar-refractivity contribution in [3.63, 3.8) is 0 Å². The first kappa shape index (κ1) is 15.4. The number of hydrogen-bond acceptors (Lipinski definition) is 3. The van der Waals surface area contributed by atoms with Crippen LogP contribution in [0.4, 0.5) is 5.82 Å². The van der Waals surface area contributed by atoms with E-state index < -0.39 is 5.38 Å². The fraction of sp³-hybridized carbons (Fsp3) is 0.333. The molecule has 1 atom stereocenters. The zero-order valence-corrected chi connectivity index (χ0v) is 13.0. The van der Waals surface area contributed by atoms with E-state index in [0.717, 1.165) is 17.0 Å². The van der Waals surface area contributed by atoms with Crippen LogP contribution in [-0.4, -0.2) is 28.2 Å². The van der Waals surface area contributed by atoms with Crippen molar-refractivity contribution in [1.29, 1.82) is 0 Å². The molecule has 1 heterocycles. The van der Waals surface area contributed by atoms with Crippen LogP contribution in [0.1, 0.15) is 18.2 Å². The molecule has 1 amide bonds. The summed E-state index contributed by atoms with van der Waals surface area (Å²) >= 11 is 5.78. The quantitative estimate of drug-likeness (QED) is 0.864. The highest BCUT2D eigenvalue weighted by Gasteiger charge is 2.13. The second kappa shape index (κ2) is 6.63. The van der Waals surface area contributed by atoms with E-state index in [1.807, 2.05) is 37.3 Å². The summed E-state index contributed by atoms with van der Waals surface area (Å²) in [5.41, 5.74) is 1.90. The number of aryl methyl sites for hydroxylation is 1. The Labute approximate surface area is 128 Å². The van der Waals surface area contributed by atoms with Crippen LogP contribution in [0.15, 0.2) is 30.3 Å². The van der Waals surface area contributed by atoms with Gasteiger partial charge < -0.3 is 10.1 Å². The standard InChI is InChI=1S/C15H18ClN3O2/c1-10-8-14(17-15(20)11(2)16)19(18-10)9-12-4-6-13(21-3)7-5-12/h4-8,11H,9H2,1-3H3,(H,17,20). The van der Waals surface area contributed by atoms with Crippen LogP contribution in [0, 0.1) is 6.92 Å². The van der Waals surface area contributed by atoms with Crippen LogP contribution < -0.4 is 10.1 Å². The van der Waals surface area contributed by atoms with E-state index in [1.54, 1.807) is 18.7 Å². The number of rotatable bonds is 5. The summed E-state index contributed by atoms with van der Waals surface area (Å²) in [5.74, 6) is 1.20. The van der Waals surface area contributed by atoms with Gasteiger partial charge in [0.15, 0.2) is 0 Å². The average Bonchev–Trinajstić information content (AvgIpc) is 2.79. The lowest BCUT2D eigenvalue weighted by Crippen LogP contribution is -2.22. The number of benzene rings is 1. The zero-order valence-electron chi connectivity index (χ0n) is 12.3. The van der Waals surface area contributed by atoms with E-state index in [2.05, 4.69) is 10.4 Å². The number of amides is 1. The highest BCUT2D eigenvalue weighted by atomic mass is 35.5. The second-order valence-corrected chi connectivity index (χ2v) is 5.44. The van der Waals surface area contributed by atoms with Gasteiger partial charge in [0, 0.05) is 6.07 Å². The largest absolute Gasteiger partial charge is 0.497 e. The molecule has 0 aliphatic heterocycles. The molecule has 1 N–H and O–H groups in total. The van der Waals surface area contributed by atoms with Gasteiger partial charge in [-0.1, -0.05) is 12.1 Å². The number of nitrogens with zero attached hydrogens (tertiary/aromatic N) is 2. The van der Waals surface area contributed by atoms with Crippen molar-refractivity contribution in [2.75, 3.05) is 12.4 Å². The third-order valence-corrected chi connectivity index (χ3v) is 3.20. The summed E-state index contributed by atoms with van der Waals surface area (Å²) in [6, 6.07) is 9.54. The van der Waals surface area contributed by atoms with Gasteiger partial charge >= 0.3 is 0 Å². The minimum Gasteiger partial charge on any atom is -0.497 e. The van der Waals surface area contributed by atoms with E-state index in [-0.39, 0.29) is 5.91 Å². The van der Waals surface area contributed by atoms with Gasteiger partial charge in [-0.3, -0.25) is 4.79 Å². The summed E-state index contributed by atoms with van der Waals surface area (Å²) in [4.78, 5) is 11.7. The molecule has 0 bridgehead atoms. The molecule has 5 nitrogen and oxygen atoms in total. The number of anilines is 1. The molecule has 0 aliphatic carbocycles. The SMILES string of the molecule is COc1ccc(Cn2nc(C)cc2NC(=O)C(C)Cl)cc1. The molecule has 0 fully saturated rings. The number of nitrogens with one attached hydrogen (secondary N) is 1. The maximum Gasteiger partial charge on any atom is 0.243 e. The van der Waals surface area contributed by atoms with Gasteiger partial charge in [-0.15, -0.1) is 11.6 Å². The van der Waals surface area contributed by atoms with Crippen LogP contribution in [0.5, 0.6) is 5.75 Å². The average molecular weight is 308 g/mol. The van der Waals surface area contributed by atoms with Crippen LogP contribution >= 0.6 is 11.6 Å². The van der Waals surface area contributed by atoms with Gasteiger partial charge in [-0.2, -0.15) is 5.10 Å². The summed E-state index contributed by atoms with van der Waals surface area (Å²) in [5, 5.41) is 6.58. The predicted molar refractivity (Wildman–Crippen MR) is 83.0 cm³/mol. The molecule has 1 aromatic carbocycles. The van der Waals surface area contributed by atoms with Gasteiger partial charge in [-0.05, 0) is 31.5 Å². The summed E-state index contributed by atoms with van der Waals surface area (Å²) < 4.78 is 6.88. The molecule has 0 saturated heterocycles. The van der Waals surface area contributed by atoms with Gasteiger partial charge in [0.2, 0.25) is 5.91 Å². The van der Waals surface area contributed by atoms with Crippen molar-refractivity contribution in [3.05, 3.63) is 41.6 Å². The van der Waals surface area contributed by atoms with Crippen molar-refractivity contribution in [2.24, 2.45) is 0 Å². The molecular weight excluding hydrogens is 290 g/mol. The summed E-state index contributed by atoms with van der Waals surface area (Å²) in [7, 11) is 1.63. The Morgan fingerprint density at radius 2 is 2.10 bits per heavy atom. The van der Waals surface area contributed by atoms with Crippen molar-refractivity contribution in [3.8, 4) is 5.75 Å². The molecule has 1 unspecified atom stereocenters. The normalized spacial score (nSPS) is 12.0. The summed E-state index contributed by atoms with van der Waals surface area (Å²) in [6.07, 6.45) is 0. The lowest BCUT2D eigenvalue weighted by Gasteiger charge is -2.10. The number of aromatic nitrogens is 2. The monoisotopic (exact) mass is 307 g/mol. The number of carbonyl (C=O) groups excluding carboxylic acids is 1. The molecule has 2 aromatic rings. The minimum atomic E-state index is -0.588. The number of carbonyl (C=O) groups is 1. The Morgan fingerprint density at radius 3 is 2.67 bits per heavy atom. The number of halogens is 1. The van der Waals surface area contributed by atoms with Crippen molar-refractivity contribution in [2.45, 2.75) is 25.8 Å². The van der Waals surface area contributed by atoms with Gasteiger partial charge in [0.25, 0.3) is 0 Å². The molecule has 6 heteroatoms. The molecule has 1 aromatic heterocycles. The first-order valence-corrected chi connectivity index (χ1v) is 7.05. The fourth-order valence-corrected chi connectivity index (χ4v) is 1.95. The highest BCUT2D eigenvalue weighted by molar-refractivity contribution is 6.32. The number of ether oxygens (including phenoxy) is 1. The molecule has 0 radical (unpaired) electrons. The molecule has 0 aliphatic rings. The lowest BCUT2D eigenvalue weighted by atomic mass is 10.2. The van der Waals surface area contributed by atoms with E-state index in [4.69, 9.17) is 16.3 Å². The lowest BCUT2D eigenvalue weighted by molar-refractivity contribution is -0.115. The van der Waals surface area contributed by atoms with Crippen LogP contribution in [-0.2, 0) is 11.3 Å². The number of alkyl halides is 1. The minimum absolute atomic E-state index is 0.243. The summed E-state index contributed by atoms with van der Waals surface area (Å²) in [6.45, 7) is 4.07. The van der Waals surface area contributed by atoms with Gasteiger partial charge in [-0.25, -0.2) is 4.68 Å². The number of methoxy groups -OCH3 is 1. The fourth-order valence-electron chi connectivity index (χ4n) is 1.90. The second-order valence-electron chi connectivity index (χ2n) is 4.78. The molecule has 112 valence electrons. The maximum absolute atomic E-state index is 11.7. The third-order valence-electron chi connectivity index (χ3n) is 3.01. The first-order valence-electron chi connectivity index (χ1n) is 6.62. The van der Waals surface area contributed by atoms with Crippen molar-refractivity contribution in [1.82, 2.24) is 9.78 Å². The maximum atomic E-state index is 11.7. The Morgan fingerprint density at radius 1 is 1.43 bits per heavy atom. The molecule has 2 rings (SSSR count). The highest BCUT2D eigenvalue weighted by Crippen LogP contribution is 2.16. The Kier molecular flexibility index (Phi) is 4.85.